The lowest BCUT2D eigenvalue weighted by Crippen LogP contribution is -2.51. The number of amides is 1. The minimum absolute atomic E-state index is 0.00259. The van der Waals surface area contributed by atoms with Crippen molar-refractivity contribution in [3.63, 3.8) is 0 Å². The van der Waals surface area contributed by atoms with Crippen LogP contribution in [0.25, 0.3) is 0 Å². The van der Waals surface area contributed by atoms with Gasteiger partial charge in [-0.3, -0.25) is 8.98 Å². The van der Waals surface area contributed by atoms with Gasteiger partial charge in [-0.05, 0) is 13.5 Å². The molecule has 0 bridgehead atoms. The highest BCUT2D eigenvalue weighted by molar-refractivity contribution is 7.85. The molecule has 1 spiro atoms. The van der Waals surface area contributed by atoms with E-state index in [9.17, 15) is 13.2 Å². The number of nitrogens with zero attached hydrogens (tertiary/aromatic N) is 2. The average molecular weight is 260 g/mol. The molecule has 17 heavy (non-hydrogen) atoms. The smallest absolute Gasteiger partial charge is 0.304 e. The van der Waals surface area contributed by atoms with Gasteiger partial charge in [0.15, 0.2) is 5.81 Å². The molecule has 2 aliphatic rings. The van der Waals surface area contributed by atoms with E-state index in [0.717, 1.165) is 6.54 Å². The predicted molar refractivity (Wildman–Crippen MR) is 64.1 cm³/mol. The molecule has 2 radical (unpaired) electrons. The molecule has 6 nitrogen and oxygen atoms in total. The summed E-state index contributed by atoms with van der Waals surface area (Å²) in [6, 6.07) is 0. The summed E-state index contributed by atoms with van der Waals surface area (Å²) in [6.07, 6.45) is 0.561. The number of likely N-dealkylation sites (tertiary alicyclic amines) is 1. The van der Waals surface area contributed by atoms with Crippen LogP contribution in [0.2, 0.25) is 0 Å². The Morgan fingerprint density at radius 3 is 2.41 bits per heavy atom. The Kier molecular flexibility index (Phi) is 4.21. The van der Waals surface area contributed by atoms with E-state index >= 15 is 0 Å². The van der Waals surface area contributed by atoms with Crippen molar-refractivity contribution in [1.82, 2.24) is 9.21 Å². The van der Waals surface area contributed by atoms with E-state index in [1.165, 1.54) is 0 Å². The van der Waals surface area contributed by atoms with E-state index in [1.807, 2.05) is 25.8 Å². The van der Waals surface area contributed by atoms with Crippen LogP contribution in [0.3, 0.4) is 0 Å². The summed E-state index contributed by atoms with van der Waals surface area (Å²) in [4.78, 5) is 13.1. The van der Waals surface area contributed by atoms with Crippen molar-refractivity contribution in [1.29, 1.82) is 0 Å². The number of carbonyl (C=O) groups excluding carboxylic acids is 1. The van der Waals surface area contributed by atoms with E-state index in [1.54, 1.807) is 0 Å². The van der Waals surface area contributed by atoms with Crippen molar-refractivity contribution in [2.75, 3.05) is 26.7 Å². The zero-order valence-electron chi connectivity index (χ0n) is 10.3. The van der Waals surface area contributed by atoms with Gasteiger partial charge in [0.1, 0.15) is 0 Å². The van der Waals surface area contributed by atoms with E-state index in [4.69, 9.17) is 7.85 Å². The Labute approximate surface area is 104 Å². The maximum Gasteiger partial charge on any atom is 0.364 e. The van der Waals surface area contributed by atoms with E-state index in [2.05, 4.69) is 4.18 Å². The Hall–Kier alpha value is -0.595. The van der Waals surface area contributed by atoms with Gasteiger partial charge in [-0.2, -0.15) is 8.42 Å². The Balaban J connectivity index is 0.000000686. The molecule has 2 rings (SSSR count). The largest absolute Gasteiger partial charge is 0.364 e. The predicted octanol–water partition coefficient (Wildman–Crippen LogP) is -0.0476. The molecular weight excluding hydrogens is 243 g/mol. The molecule has 2 heterocycles. The first kappa shape index (κ1) is 14.5. The van der Waals surface area contributed by atoms with Crippen molar-refractivity contribution in [2.45, 2.75) is 25.8 Å². The van der Waals surface area contributed by atoms with Gasteiger partial charge in [-0.1, -0.05) is 13.8 Å². The molecule has 0 unspecified atom stereocenters. The zero-order chi connectivity index (χ0) is 13.3. The lowest BCUT2D eigenvalue weighted by molar-refractivity contribution is 0.191. The van der Waals surface area contributed by atoms with Gasteiger partial charge in [0.05, 0.1) is 12.1 Å². The second-order valence-electron chi connectivity index (χ2n) is 4.03. The summed E-state index contributed by atoms with van der Waals surface area (Å²) in [7, 11) is 2.97. The molecule has 0 saturated carbocycles. The molecular formula is C9H17BN2O4S. The van der Waals surface area contributed by atoms with Crippen LogP contribution in [0.4, 0.5) is 4.79 Å². The van der Waals surface area contributed by atoms with Crippen LogP contribution >= 0.6 is 0 Å². The number of rotatable bonds is 0. The van der Waals surface area contributed by atoms with Gasteiger partial charge in [0.2, 0.25) is 7.85 Å². The van der Waals surface area contributed by atoms with Gasteiger partial charge in [-0.15, -0.1) is 0 Å². The molecule has 96 valence electrons. The fraction of sp³-hybridized carbons (Fsp3) is 0.889. The molecule has 0 aromatic carbocycles. The minimum atomic E-state index is -3.97. The van der Waals surface area contributed by atoms with Crippen molar-refractivity contribution in [3.8, 4) is 0 Å². The molecule has 2 aliphatic heterocycles. The van der Waals surface area contributed by atoms with Gasteiger partial charge < -0.3 is 4.90 Å². The molecule has 0 N–H and O–H groups in total. The molecule has 0 aliphatic carbocycles. The van der Waals surface area contributed by atoms with Gasteiger partial charge in [-0.25, -0.2) is 4.31 Å². The van der Waals surface area contributed by atoms with Crippen LogP contribution < -0.4 is 0 Å². The monoisotopic (exact) mass is 260 g/mol. The van der Waals surface area contributed by atoms with Crippen LogP contribution in [0, 0.1) is 0 Å². The van der Waals surface area contributed by atoms with Gasteiger partial charge in [0, 0.05) is 13.1 Å². The Bertz CT molecular complexity index is 400. The third-order valence-corrected chi connectivity index (χ3v) is 4.28. The van der Waals surface area contributed by atoms with Crippen LogP contribution in [0.15, 0.2) is 0 Å². The van der Waals surface area contributed by atoms with Crippen LogP contribution in [0.5, 0.6) is 0 Å². The second kappa shape index (κ2) is 4.95. The lowest BCUT2D eigenvalue weighted by Gasteiger charge is -2.29. The number of carbonyl (C=O) groups is 1. The Morgan fingerprint density at radius 2 is 2.00 bits per heavy atom. The minimum Gasteiger partial charge on any atom is -0.304 e. The summed E-state index contributed by atoms with van der Waals surface area (Å²) < 4.78 is 28.3. The van der Waals surface area contributed by atoms with Gasteiger partial charge in [0.25, 0.3) is 0 Å². The van der Waals surface area contributed by atoms with Crippen LogP contribution in [-0.4, -0.2) is 63.6 Å². The first-order chi connectivity index (χ1) is 7.87. The highest BCUT2D eigenvalue weighted by Gasteiger charge is 2.55. The molecule has 2 saturated heterocycles. The quantitative estimate of drug-likeness (QED) is 0.571. The molecule has 1 amide bonds. The normalized spacial score (nSPS) is 31.4. The molecule has 0 aromatic heterocycles. The third-order valence-electron chi connectivity index (χ3n) is 2.85. The molecule has 1 atom stereocenters. The first-order valence-electron chi connectivity index (χ1n) is 5.55. The fourth-order valence-corrected chi connectivity index (χ4v) is 3.59. The standard InChI is InChI=1S/C7H11BN2O4S.C2H6/c1-9-3-2-7(4-9)5-14-15(12,13)10(7)6(8)11;1-2/h2-5H2,1H3;1-2H3/t7-;/m1./s1. The molecule has 8 heteroatoms. The maximum absolute atomic E-state index is 11.5. The van der Waals surface area contributed by atoms with Crippen molar-refractivity contribution >= 4 is 24.0 Å². The molecule has 0 aromatic rings. The number of likely N-dealkylation sites (N-methyl/N-ethyl adjacent to an activating group) is 1. The molecule has 2 fully saturated rings. The van der Waals surface area contributed by atoms with Crippen molar-refractivity contribution in [2.24, 2.45) is 0 Å². The average Bonchev–Trinajstić information content (AvgIpc) is 2.72. The van der Waals surface area contributed by atoms with E-state index in [0.29, 0.717) is 17.3 Å². The summed E-state index contributed by atoms with van der Waals surface area (Å²) in [5, 5.41) is 0. The third kappa shape index (κ3) is 2.48. The summed E-state index contributed by atoms with van der Waals surface area (Å²) >= 11 is 0. The summed E-state index contributed by atoms with van der Waals surface area (Å²) in [5.74, 6) is -0.970. The second-order valence-corrected chi connectivity index (χ2v) is 5.49. The highest BCUT2D eigenvalue weighted by Crippen LogP contribution is 2.36. The van der Waals surface area contributed by atoms with Crippen molar-refractivity contribution < 1.29 is 17.4 Å². The van der Waals surface area contributed by atoms with Crippen LogP contribution in [0.1, 0.15) is 20.3 Å². The van der Waals surface area contributed by atoms with Gasteiger partial charge >= 0.3 is 10.3 Å². The lowest BCUT2D eigenvalue weighted by atomic mass is 9.97. The van der Waals surface area contributed by atoms with E-state index in [-0.39, 0.29) is 6.61 Å². The zero-order valence-corrected chi connectivity index (χ0v) is 11.2. The topological polar surface area (TPSA) is 66.9 Å². The fourth-order valence-electron chi connectivity index (χ4n) is 2.22. The Morgan fingerprint density at radius 1 is 1.41 bits per heavy atom. The van der Waals surface area contributed by atoms with E-state index < -0.39 is 21.6 Å². The van der Waals surface area contributed by atoms with Crippen molar-refractivity contribution in [3.05, 3.63) is 0 Å². The first-order valence-corrected chi connectivity index (χ1v) is 6.92. The highest BCUT2D eigenvalue weighted by atomic mass is 32.2. The maximum atomic E-state index is 11.5. The summed E-state index contributed by atoms with van der Waals surface area (Å²) in [6.45, 7) is 5.19. The number of hydrogen-bond donors (Lipinski definition) is 0. The number of hydrogen-bond acceptors (Lipinski definition) is 5. The SMILES string of the molecule is CC.[B]C(=O)N1[C@@]2(CCN(C)C2)COS1(=O)=O. The van der Waals surface area contributed by atoms with Crippen LogP contribution in [-0.2, 0) is 14.5 Å². The summed E-state index contributed by atoms with van der Waals surface area (Å²) in [5.41, 5.74) is -0.792.